The van der Waals surface area contributed by atoms with Crippen molar-refractivity contribution in [3.63, 3.8) is 0 Å². The minimum absolute atomic E-state index is 0.00521. The highest BCUT2D eigenvalue weighted by Crippen LogP contribution is 2.08. The molecule has 116 valence electrons. The maximum atomic E-state index is 11.9. The molecule has 2 N–H and O–H groups in total. The Hall–Kier alpha value is -1.89. The molecule has 0 aromatic heterocycles. The molecule has 1 atom stereocenters. The Labute approximate surface area is 124 Å². The van der Waals surface area contributed by atoms with Gasteiger partial charge in [-0.3, -0.25) is 9.59 Å². The minimum Gasteiger partial charge on any atom is -0.481 e. The lowest BCUT2D eigenvalue weighted by atomic mass is 10.1. The van der Waals surface area contributed by atoms with Crippen LogP contribution in [0.25, 0.3) is 0 Å². The molecule has 0 bridgehead atoms. The first-order valence-corrected chi connectivity index (χ1v) is 8.53. The lowest BCUT2D eigenvalue weighted by Gasteiger charge is -2.13. The standard InChI is InChI=1S/C14H19NO5S/c1-10(3-8-13(16)17)15-14(18)12-6-4-11(5-7-12)9-21(2,19)20/h4-7,10H,3,8-9H2,1-2H3,(H,15,18)(H,16,17). The number of rotatable bonds is 7. The van der Waals surface area contributed by atoms with E-state index in [1.54, 1.807) is 31.2 Å². The zero-order chi connectivity index (χ0) is 16.0. The van der Waals surface area contributed by atoms with Crippen LogP contribution in [0.5, 0.6) is 0 Å². The van der Waals surface area contributed by atoms with E-state index < -0.39 is 15.8 Å². The van der Waals surface area contributed by atoms with Crippen molar-refractivity contribution in [3.05, 3.63) is 35.4 Å². The Morgan fingerprint density at radius 2 is 1.81 bits per heavy atom. The van der Waals surface area contributed by atoms with Crippen molar-refractivity contribution in [2.75, 3.05) is 6.26 Å². The molecule has 0 saturated carbocycles. The number of carbonyl (C=O) groups is 2. The molecule has 0 fully saturated rings. The molecule has 1 rings (SSSR count). The van der Waals surface area contributed by atoms with E-state index in [-0.39, 0.29) is 24.1 Å². The van der Waals surface area contributed by atoms with Gasteiger partial charge in [0, 0.05) is 24.3 Å². The summed E-state index contributed by atoms with van der Waals surface area (Å²) in [5.41, 5.74) is 1.03. The van der Waals surface area contributed by atoms with Crippen molar-refractivity contribution in [2.24, 2.45) is 0 Å². The maximum Gasteiger partial charge on any atom is 0.303 e. The SMILES string of the molecule is CC(CCC(=O)O)NC(=O)c1ccc(CS(C)(=O)=O)cc1. The maximum absolute atomic E-state index is 11.9. The van der Waals surface area contributed by atoms with Crippen molar-refractivity contribution in [3.8, 4) is 0 Å². The van der Waals surface area contributed by atoms with Gasteiger partial charge in [0.05, 0.1) is 5.75 Å². The monoisotopic (exact) mass is 313 g/mol. The van der Waals surface area contributed by atoms with Gasteiger partial charge in [-0.25, -0.2) is 8.42 Å². The number of amides is 1. The second kappa shape index (κ2) is 7.21. The minimum atomic E-state index is -3.10. The van der Waals surface area contributed by atoms with Crippen molar-refractivity contribution in [1.29, 1.82) is 0 Å². The summed E-state index contributed by atoms with van der Waals surface area (Å²) < 4.78 is 22.3. The highest BCUT2D eigenvalue weighted by Gasteiger charge is 2.11. The van der Waals surface area contributed by atoms with Crippen LogP contribution in [-0.4, -0.2) is 37.7 Å². The smallest absolute Gasteiger partial charge is 0.303 e. The van der Waals surface area contributed by atoms with E-state index in [1.807, 2.05) is 0 Å². The van der Waals surface area contributed by atoms with Crippen LogP contribution in [0.1, 0.15) is 35.7 Å². The fraction of sp³-hybridized carbons (Fsp3) is 0.429. The Morgan fingerprint density at radius 3 is 2.29 bits per heavy atom. The lowest BCUT2D eigenvalue weighted by Crippen LogP contribution is -2.32. The normalized spacial score (nSPS) is 12.7. The van der Waals surface area contributed by atoms with Gasteiger partial charge in [0.15, 0.2) is 9.84 Å². The summed E-state index contributed by atoms with van der Waals surface area (Å²) in [7, 11) is -3.10. The zero-order valence-electron chi connectivity index (χ0n) is 12.0. The first kappa shape index (κ1) is 17.2. The number of carbonyl (C=O) groups excluding carboxylic acids is 1. The average Bonchev–Trinajstić information content (AvgIpc) is 2.35. The number of hydrogen-bond donors (Lipinski definition) is 2. The molecular weight excluding hydrogens is 294 g/mol. The number of sulfone groups is 1. The first-order chi connectivity index (χ1) is 9.67. The van der Waals surface area contributed by atoms with E-state index in [4.69, 9.17) is 5.11 Å². The van der Waals surface area contributed by atoms with E-state index in [0.717, 1.165) is 6.26 Å². The summed E-state index contributed by atoms with van der Waals surface area (Å²) >= 11 is 0. The van der Waals surface area contributed by atoms with Crippen molar-refractivity contribution < 1.29 is 23.1 Å². The molecule has 0 heterocycles. The summed E-state index contributed by atoms with van der Waals surface area (Å²) in [6, 6.07) is 6.05. The predicted molar refractivity (Wildman–Crippen MR) is 78.8 cm³/mol. The number of hydrogen-bond acceptors (Lipinski definition) is 4. The molecule has 0 aliphatic rings. The van der Waals surface area contributed by atoms with Crippen molar-refractivity contribution >= 4 is 21.7 Å². The third-order valence-corrected chi connectivity index (χ3v) is 3.67. The van der Waals surface area contributed by atoms with Crippen LogP contribution < -0.4 is 5.32 Å². The fourth-order valence-electron chi connectivity index (χ4n) is 1.77. The molecule has 1 aromatic carbocycles. The van der Waals surface area contributed by atoms with Gasteiger partial charge in [-0.15, -0.1) is 0 Å². The number of carboxylic acids is 1. The molecule has 1 unspecified atom stereocenters. The Kier molecular flexibility index (Phi) is 5.90. The highest BCUT2D eigenvalue weighted by atomic mass is 32.2. The molecule has 0 spiro atoms. The molecule has 0 radical (unpaired) electrons. The highest BCUT2D eigenvalue weighted by molar-refractivity contribution is 7.89. The molecule has 0 aliphatic carbocycles. The lowest BCUT2D eigenvalue weighted by molar-refractivity contribution is -0.137. The van der Waals surface area contributed by atoms with E-state index in [9.17, 15) is 18.0 Å². The molecule has 1 aromatic rings. The van der Waals surface area contributed by atoms with Gasteiger partial charge in [0.25, 0.3) is 5.91 Å². The van der Waals surface area contributed by atoms with Gasteiger partial charge in [-0.1, -0.05) is 12.1 Å². The Bertz CT molecular complexity index is 607. The summed E-state index contributed by atoms with van der Waals surface area (Å²) in [5.74, 6) is -1.27. The summed E-state index contributed by atoms with van der Waals surface area (Å²) in [5, 5.41) is 11.3. The number of carboxylic acid groups (broad SMARTS) is 1. The van der Waals surface area contributed by atoms with Crippen LogP contribution in [0.3, 0.4) is 0 Å². The molecule has 1 amide bonds. The first-order valence-electron chi connectivity index (χ1n) is 6.46. The molecular formula is C14H19NO5S. The van der Waals surface area contributed by atoms with Crippen LogP contribution in [0, 0.1) is 0 Å². The third-order valence-electron chi connectivity index (χ3n) is 2.81. The molecule has 7 heteroatoms. The van der Waals surface area contributed by atoms with Crippen molar-refractivity contribution in [2.45, 2.75) is 31.6 Å². The number of nitrogens with one attached hydrogen (secondary N) is 1. The molecule has 21 heavy (non-hydrogen) atoms. The van der Waals surface area contributed by atoms with Crippen LogP contribution in [0.4, 0.5) is 0 Å². The zero-order valence-corrected chi connectivity index (χ0v) is 12.8. The van der Waals surface area contributed by atoms with Crippen molar-refractivity contribution in [1.82, 2.24) is 5.32 Å². The van der Waals surface area contributed by atoms with Gasteiger partial charge in [-0.05, 0) is 31.0 Å². The molecule has 6 nitrogen and oxygen atoms in total. The average molecular weight is 313 g/mol. The largest absolute Gasteiger partial charge is 0.481 e. The van der Waals surface area contributed by atoms with Crippen LogP contribution >= 0.6 is 0 Å². The second-order valence-electron chi connectivity index (χ2n) is 5.07. The van der Waals surface area contributed by atoms with Gasteiger partial charge < -0.3 is 10.4 Å². The second-order valence-corrected chi connectivity index (χ2v) is 7.21. The predicted octanol–water partition coefficient (Wildman–Crippen LogP) is 1.21. The van der Waals surface area contributed by atoms with Gasteiger partial charge in [0.1, 0.15) is 0 Å². The molecule has 0 saturated heterocycles. The van der Waals surface area contributed by atoms with E-state index in [2.05, 4.69) is 5.32 Å². The summed E-state index contributed by atoms with van der Waals surface area (Å²) in [6.07, 6.45) is 1.50. The van der Waals surface area contributed by atoms with E-state index in [1.165, 1.54) is 0 Å². The molecule has 0 aliphatic heterocycles. The fourth-order valence-corrected chi connectivity index (χ4v) is 2.57. The van der Waals surface area contributed by atoms with Crippen LogP contribution in [0.15, 0.2) is 24.3 Å². The van der Waals surface area contributed by atoms with E-state index in [0.29, 0.717) is 17.5 Å². The van der Waals surface area contributed by atoms with Gasteiger partial charge in [0.2, 0.25) is 0 Å². The van der Waals surface area contributed by atoms with E-state index >= 15 is 0 Å². The summed E-state index contributed by atoms with van der Waals surface area (Å²) in [4.78, 5) is 22.4. The topological polar surface area (TPSA) is 101 Å². The van der Waals surface area contributed by atoms with Crippen LogP contribution in [0.2, 0.25) is 0 Å². The van der Waals surface area contributed by atoms with Crippen LogP contribution in [-0.2, 0) is 20.4 Å². The Balaban J connectivity index is 2.61. The van der Waals surface area contributed by atoms with Gasteiger partial charge in [-0.2, -0.15) is 0 Å². The Morgan fingerprint density at radius 1 is 1.24 bits per heavy atom. The third kappa shape index (κ3) is 6.89. The number of aliphatic carboxylic acids is 1. The number of benzene rings is 1. The van der Waals surface area contributed by atoms with Gasteiger partial charge >= 0.3 is 5.97 Å². The quantitative estimate of drug-likeness (QED) is 0.788. The summed E-state index contributed by atoms with van der Waals surface area (Å²) in [6.45, 7) is 1.73.